The van der Waals surface area contributed by atoms with Gasteiger partial charge in [-0.05, 0) is 29.2 Å². The molecule has 15 heavy (non-hydrogen) atoms. The molecule has 0 saturated heterocycles. The second kappa shape index (κ2) is 4.39. The van der Waals surface area contributed by atoms with E-state index in [1.807, 2.05) is 12.1 Å². The first-order valence-corrected chi connectivity index (χ1v) is 9.19. The summed E-state index contributed by atoms with van der Waals surface area (Å²) in [5.74, 6) is 1.06. The van der Waals surface area contributed by atoms with Crippen molar-refractivity contribution in [2.24, 2.45) is 0 Å². The minimum Gasteiger partial charge on any atom is -0.508 e. The summed E-state index contributed by atoms with van der Waals surface area (Å²) in [5.41, 5.74) is 1.35. The molecule has 1 N–H and O–H groups in total. The molecule has 0 amide bonds. The average Bonchev–Trinajstić information content (AvgIpc) is 2.15. The lowest BCUT2D eigenvalue weighted by Gasteiger charge is -2.20. The van der Waals surface area contributed by atoms with Crippen molar-refractivity contribution in [2.45, 2.75) is 45.8 Å². The summed E-state index contributed by atoms with van der Waals surface area (Å²) in [4.78, 5) is 0. The van der Waals surface area contributed by atoms with Gasteiger partial charge >= 0.3 is 0 Å². The molecule has 1 nitrogen and oxygen atoms in total. The second-order valence-electron chi connectivity index (χ2n) is 5.34. The second-order valence-corrected chi connectivity index (χ2v) is 10.4. The first-order valence-electron chi connectivity index (χ1n) is 5.69. The van der Waals surface area contributed by atoms with Crippen LogP contribution in [0.15, 0.2) is 18.2 Å². The molecule has 0 radical (unpaired) electrons. The Hall–Kier alpha value is -0.763. The number of phenols is 1. The monoisotopic (exact) mass is 222 g/mol. The largest absolute Gasteiger partial charge is 0.508 e. The van der Waals surface area contributed by atoms with E-state index in [1.165, 1.54) is 10.8 Å². The smallest absolute Gasteiger partial charge is 0.114 e. The summed E-state index contributed by atoms with van der Waals surface area (Å²) in [5, 5.41) is 11.0. The third-order valence-electron chi connectivity index (χ3n) is 3.01. The van der Waals surface area contributed by atoms with Gasteiger partial charge < -0.3 is 5.11 Å². The van der Waals surface area contributed by atoms with Gasteiger partial charge in [-0.2, -0.15) is 0 Å². The van der Waals surface area contributed by atoms with Gasteiger partial charge in [-0.3, -0.25) is 0 Å². The Morgan fingerprint density at radius 2 is 1.87 bits per heavy atom. The van der Waals surface area contributed by atoms with Gasteiger partial charge in [0.05, 0.1) is 8.07 Å². The van der Waals surface area contributed by atoms with E-state index in [2.05, 4.69) is 39.6 Å². The number of rotatable bonds is 3. The van der Waals surface area contributed by atoms with E-state index in [-0.39, 0.29) is 0 Å². The molecule has 0 spiro atoms. The molecular formula is C13H22OSi. The van der Waals surface area contributed by atoms with Crippen LogP contribution in [0.1, 0.15) is 31.7 Å². The lowest BCUT2D eigenvalue weighted by atomic mass is 9.99. The zero-order valence-electron chi connectivity index (χ0n) is 10.5. The minimum absolute atomic E-state index is 0.473. The van der Waals surface area contributed by atoms with Gasteiger partial charge in [0.2, 0.25) is 0 Å². The molecule has 0 aliphatic heterocycles. The van der Waals surface area contributed by atoms with Gasteiger partial charge in [0.25, 0.3) is 0 Å². The Bertz CT molecular complexity index is 339. The van der Waals surface area contributed by atoms with Crippen molar-refractivity contribution >= 4 is 13.3 Å². The highest BCUT2D eigenvalue weighted by molar-refractivity contribution is 6.89. The van der Waals surface area contributed by atoms with E-state index in [9.17, 15) is 5.11 Å². The minimum atomic E-state index is -1.42. The third-order valence-corrected chi connectivity index (χ3v) is 5.03. The molecule has 2 heteroatoms. The first-order chi connectivity index (χ1) is 6.86. The average molecular weight is 222 g/mol. The van der Waals surface area contributed by atoms with Crippen molar-refractivity contribution in [3.8, 4) is 5.75 Å². The highest BCUT2D eigenvalue weighted by atomic mass is 28.3. The van der Waals surface area contributed by atoms with Gasteiger partial charge in [0.15, 0.2) is 0 Å². The molecule has 84 valence electrons. The van der Waals surface area contributed by atoms with E-state index in [0.29, 0.717) is 11.7 Å². The van der Waals surface area contributed by atoms with Crippen molar-refractivity contribution in [1.29, 1.82) is 0 Å². The molecule has 1 aromatic rings. The third kappa shape index (κ3) is 2.85. The van der Waals surface area contributed by atoms with Crippen LogP contribution in [0.25, 0.3) is 0 Å². The van der Waals surface area contributed by atoms with Crippen LogP contribution in [0, 0.1) is 0 Å². The van der Waals surface area contributed by atoms with Crippen molar-refractivity contribution in [3.63, 3.8) is 0 Å². The predicted molar refractivity (Wildman–Crippen MR) is 69.8 cm³/mol. The van der Waals surface area contributed by atoms with Crippen LogP contribution >= 0.6 is 0 Å². The van der Waals surface area contributed by atoms with Crippen LogP contribution < -0.4 is 5.19 Å². The summed E-state index contributed by atoms with van der Waals surface area (Å²) >= 11 is 0. The van der Waals surface area contributed by atoms with Crippen LogP contribution in [0.5, 0.6) is 5.75 Å². The summed E-state index contributed by atoms with van der Waals surface area (Å²) in [6.45, 7) is 11.2. The topological polar surface area (TPSA) is 20.2 Å². The predicted octanol–water partition coefficient (Wildman–Crippen LogP) is 3.45. The highest BCUT2D eigenvalue weighted by Crippen LogP contribution is 2.22. The number of aromatic hydroxyl groups is 1. The Labute approximate surface area is 94.2 Å². The normalized spacial score (nSPS) is 13.9. The van der Waals surface area contributed by atoms with Crippen LogP contribution in [0.2, 0.25) is 19.6 Å². The van der Waals surface area contributed by atoms with Gasteiger partial charge in [0.1, 0.15) is 5.75 Å². The van der Waals surface area contributed by atoms with Gasteiger partial charge in [-0.25, -0.2) is 0 Å². The summed E-state index contributed by atoms with van der Waals surface area (Å²) in [7, 11) is -1.42. The van der Waals surface area contributed by atoms with E-state index in [4.69, 9.17) is 0 Å². The van der Waals surface area contributed by atoms with Gasteiger partial charge in [-0.15, -0.1) is 0 Å². The Morgan fingerprint density at radius 1 is 1.27 bits per heavy atom. The summed E-state index contributed by atoms with van der Waals surface area (Å²) in [6, 6.07) is 6.11. The fourth-order valence-electron chi connectivity index (χ4n) is 1.70. The van der Waals surface area contributed by atoms with Gasteiger partial charge in [0, 0.05) is 0 Å². The van der Waals surface area contributed by atoms with Crippen LogP contribution in [-0.4, -0.2) is 13.2 Å². The molecule has 0 aromatic heterocycles. The van der Waals surface area contributed by atoms with Crippen molar-refractivity contribution in [2.75, 3.05) is 0 Å². The van der Waals surface area contributed by atoms with E-state index >= 15 is 0 Å². The van der Waals surface area contributed by atoms with E-state index < -0.39 is 8.07 Å². The lowest BCUT2D eigenvalue weighted by molar-refractivity contribution is 0.479. The molecule has 0 aliphatic rings. The van der Waals surface area contributed by atoms with E-state index in [1.54, 1.807) is 0 Å². The molecule has 0 fully saturated rings. The molecule has 0 heterocycles. The molecule has 0 aliphatic carbocycles. The highest BCUT2D eigenvalue weighted by Gasteiger charge is 2.21. The van der Waals surface area contributed by atoms with Crippen molar-refractivity contribution in [3.05, 3.63) is 23.8 Å². The number of phenolic OH excluding ortho intramolecular Hbond substituents is 1. The molecule has 1 rings (SSSR count). The maximum absolute atomic E-state index is 9.86. The Balaban J connectivity index is 3.17. The van der Waals surface area contributed by atoms with Crippen LogP contribution in [0.3, 0.4) is 0 Å². The van der Waals surface area contributed by atoms with Crippen LogP contribution in [0.4, 0.5) is 0 Å². The lowest BCUT2D eigenvalue weighted by Crippen LogP contribution is -2.38. The maximum Gasteiger partial charge on any atom is 0.114 e. The number of hydrogen-bond acceptors (Lipinski definition) is 1. The molecule has 1 aromatic carbocycles. The zero-order chi connectivity index (χ0) is 11.6. The molecule has 0 bridgehead atoms. The molecular weight excluding hydrogens is 200 g/mol. The fourth-order valence-corrected chi connectivity index (χ4v) is 3.15. The van der Waals surface area contributed by atoms with Crippen LogP contribution in [-0.2, 0) is 0 Å². The number of hydrogen-bond donors (Lipinski definition) is 1. The Morgan fingerprint density at radius 3 is 2.33 bits per heavy atom. The van der Waals surface area contributed by atoms with E-state index in [0.717, 1.165) is 6.42 Å². The molecule has 0 saturated carbocycles. The summed E-state index contributed by atoms with van der Waals surface area (Å²) < 4.78 is 0. The molecule has 1 unspecified atom stereocenters. The van der Waals surface area contributed by atoms with Crippen molar-refractivity contribution < 1.29 is 5.11 Å². The fraction of sp³-hybridized carbons (Fsp3) is 0.538. The zero-order valence-corrected chi connectivity index (χ0v) is 11.5. The SMILES string of the molecule is CCC(C)c1ccc(O)c([Si](C)(C)C)c1. The van der Waals surface area contributed by atoms with Gasteiger partial charge in [-0.1, -0.05) is 45.6 Å². The summed E-state index contributed by atoms with van der Waals surface area (Å²) in [6.07, 6.45) is 1.15. The molecule has 1 atom stereocenters. The Kier molecular flexibility index (Phi) is 3.61. The maximum atomic E-state index is 9.86. The number of benzene rings is 1. The first kappa shape index (κ1) is 12.3. The van der Waals surface area contributed by atoms with Crippen molar-refractivity contribution in [1.82, 2.24) is 0 Å². The quantitative estimate of drug-likeness (QED) is 0.777. The standard InChI is InChI=1S/C13H22OSi/c1-6-10(2)11-7-8-12(14)13(9-11)15(3,4)5/h7-10,14H,6H2,1-5H3.